The summed E-state index contributed by atoms with van der Waals surface area (Å²) in [6, 6.07) is 1.87. The number of fused-ring (bicyclic) bond motifs is 2. The lowest BCUT2D eigenvalue weighted by Gasteiger charge is -2.48. The fraction of sp³-hybridized carbons (Fsp3) is 0.682. The summed E-state index contributed by atoms with van der Waals surface area (Å²) in [4.78, 5) is 9.40. The Morgan fingerprint density at radius 3 is 2.53 bits per heavy atom. The lowest BCUT2D eigenvalue weighted by molar-refractivity contribution is -0.0818. The lowest BCUT2D eigenvalue weighted by Crippen LogP contribution is -2.54. The summed E-state index contributed by atoms with van der Waals surface area (Å²) in [6.07, 6.45) is 4.16. The van der Waals surface area contributed by atoms with Gasteiger partial charge in [0.25, 0.3) is 0 Å². The largest absolute Gasteiger partial charge is 0.469 e. The SMILES string of the molecule is CCS(=O)(=O)N1[C@@H]2CCC[C@H]1C[C@H](c1c(Nc3cc(C)[nH]n3)nc(NC)nc1OC1COC1)C2. The minimum atomic E-state index is -3.26. The average Bonchev–Trinajstić information content (AvgIpc) is 3.19. The molecule has 2 aromatic heterocycles. The number of aryl methyl sites for hydroxylation is 1. The first-order chi connectivity index (χ1) is 16.4. The van der Waals surface area contributed by atoms with Gasteiger partial charge in [-0.2, -0.15) is 19.4 Å². The third-order valence-electron chi connectivity index (χ3n) is 6.97. The molecule has 34 heavy (non-hydrogen) atoms. The maximum Gasteiger partial charge on any atom is 0.227 e. The van der Waals surface area contributed by atoms with Crippen LogP contribution in [0.2, 0.25) is 0 Å². The van der Waals surface area contributed by atoms with Crippen molar-refractivity contribution in [2.45, 2.75) is 70.1 Å². The molecule has 186 valence electrons. The highest BCUT2D eigenvalue weighted by molar-refractivity contribution is 7.89. The fourth-order valence-corrected chi connectivity index (χ4v) is 6.92. The molecule has 5 heterocycles. The van der Waals surface area contributed by atoms with Crippen molar-refractivity contribution in [1.82, 2.24) is 24.5 Å². The van der Waals surface area contributed by atoms with Gasteiger partial charge in [0.15, 0.2) is 5.82 Å². The normalized spacial score (nSPS) is 25.6. The molecule has 5 rings (SSSR count). The molecule has 3 aliphatic heterocycles. The molecule has 0 radical (unpaired) electrons. The van der Waals surface area contributed by atoms with Gasteiger partial charge in [0.05, 0.1) is 24.5 Å². The van der Waals surface area contributed by atoms with E-state index in [4.69, 9.17) is 14.5 Å². The Kier molecular flexibility index (Phi) is 6.38. The van der Waals surface area contributed by atoms with Crippen LogP contribution in [0.15, 0.2) is 6.07 Å². The summed E-state index contributed by atoms with van der Waals surface area (Å²) >= 11 is 0. The third kappa shape index (κ3) is 4.46. The maximum absolute atomic E-state index is 12.9. The first-order valence-corrected chi connectivity index (χ1v) is 13.6. The number of hydrogen-bond acceptors (Lipinski definition) is 9. The first-order valence-electron chi connectivity index (χ1n) is 12.0. The molecular weight excluding hydrogens is 458 g/mol. The van der Waals surface area contributed by atoms with Crippen LogP contribution in [0.25, 0.3) is 0 Å². The minimum absolute atomic E-state index is 0.0215. The van der Waals surface area contributed by atoms with Crippen LogP contribution in [0.3, 0.4) is 0 Å². The highest BCUT2D eigenvalue weighted by Crippen LogP contribution is 2.47. The Morgan fingerprint density at radius 1 is 1.24 bits per heavy atom. The third-order valence-corrected chi connectivity index (χ3v) is 8.94. The van der Waals surface area contributed by atoms with Crippen molar-refractivity contribution in [1.29, 1.82) is 0 Å². The Morgan fingerprint density at radius 2 is 1.97 bits per heavy atom. The molecule has 0 aromatic carbocycles. The number of aromatic nitrogens is 4. The number of nitrogens with one attached hydrogen (secondary N) is 3. The van der Waals surface area contributed by atoms with Crippen LogP contribution in [0.4, 0.5) is 17.6 Å². The zero-order valence-corrected chi connectivity index (χ0v) is 20.7. The van der Waals surface area contributed by atoms with Gasteiger partial charge in [-0.3, -0.25) is 5.10 Å². The van der Waals surface area contributed by atoms with Gasteiger partial charge in [-0.1, -0.05) is 6.42 Å². The fourth-order valence-electron chi connectivity index (χ4n) is 5.33. The Hall–Kier alpha value is -2.44. The number of aromatic amines is 1. The van der Waals surface area contributed by atoms with Gasteiger partial charge in [-0.05, 0) is 45.4 Å². The molecule has 3 aliphatic rings. The molecule has 3 fully saturated rings. The van der Waals surface area contributed by atoms with Crippen LogP contribution >= 0.6 is 0 Å². The number of H-pyrrole nitrogens is 1. The predicted molar refractivity (Wildman–Crippen MR) is 128 cm³/mol. The summed E-state index contributed by atoms with van der Waals surface area (Å²) in [6.45, 7) is 4.71. The Balaban J connectivity index is 1.54. The van der Waals surface area contributed by atoms with E-state index >= 15 is 0 Å². The van der Waals surface area contributed by atoms with Crippen molar-refractivity contribution in [2.75, 3.05) is 36.6 Å². The van der Waals surface area contributed by atoms with Crippen molar-refractivity contribution in [2.24, 2.45) is 0 Å². The van der Waals surface area contributed by atoms with Gasteiger partial charge in [0, 0.05) is 30.9 Å². The number of rotatable bonds is 8. The molecule has 0 aliphatic carbocycles. The minimum Gasteiger partial charge on any atom is -0.469 e. The van der Waals surface area contributed by atoms with Gasteiger partial charge < -0.3 is 20.1 Å². The van der Waals surface area contributed by atoms with E-state index in [0.717, 1.165) is 30.5 Å². The molecular formula is C22H33N7O4S. The van der Waals surface area contributed by atoms with E-state index in [1.807, 2.05) is 13.0 Å². The summed E-state index contributed by atoms with van der Waals surface area (Å²) in [5.74, 6) is 2.45. The standard InChI is InChI=1S/C22H33N7O4S/c1-4-34(30,31)29-15-6-5-7-16(29)10-14(9-15)19-20(24-18-8-13(2)27-28-18)25-22(23-3)26-21(19)33-17-11-32-12-17/h8,14-17H,4-7,9-12H2,1-3H3,(H3,23,24,25,26,27,28)/t14-,15-,16+. The Bertz CT molecular complexity index is 1120. The lowest BCUT2D eigenvalue weighted by atomic mass is 9.77. The van der Waals surface area contributed by atoms with E-state index in [0.29, 0.717) is 49.5 Å². The number of sulfonamides is 1. The highest BCUT2D eigenvalue weighted by Gasteiger charge is 2.45. The van der Waals surface area contributed by atoms with Gasteiger partial charge in [-0.15, -0.1) is 0 Å². The number of hydrogen-bond donors (Lipinski definition) is 3. The first kappa shape index (κ1) is 23.3. The summed E-state index contributed by atoms with van der Waals surface area (Å²) in [7, 11) is -1.49. The van der Waals surface area contributed by atoms with E-state index in [9.17, 15) is 8.42 Å². The second-order valence-electron chi connectivity index (χ2n) is 9.34. The van der Waals surface area contributed by atoms with Gasteiger partial charge in [0.1, 0.15) is 11.9 Å². The molecule has 3 saturated heterocycles. The number of ether oxygens (including phenoxy) is 2. The molecule has 2 bridgehead atoms. The summed E-state index contributed by atoms with van der Waals surface area (Å²) in [5.41, 5.74) is 1.82. The molecule has 0 unspecified atom stereocenters. The van der Waals surface area contributed by atoms with Gasteiger partial charge in [0.2, 0.25) is 21.9 Å². The van der Waals surface area contributed by atoms with Gasteiger partial charge >= 0.3 is 0 Å². The van der Waals surface area contributed by atoms with Crippen LogP contribution < -0.4 is 15.4 Å². The molecule has 0 amide bonds. The zero-order chi connectivity index (χ0) is 23.9. The van der Waals surface area contributed by atoms with E-state index in [2.05, 4.69) is 25.8 Å². The van der Waals surface area contributed by atoms with Crippen LogP contribution in [0.1, 0.15) is 56.2 Å². The molecule has 12 heteroatoms. The monoisotopic (exact) mass is 491 g/mol. The topological polar surface area (TPSA) is 134 Å². The van der Waals surface area contributed by atoms with E-state index in [1.54, 1.807) is 18.3 Å². The Labute approximate surface area is 200 Å². The van der Waals surface area contributed by atoms with Crippen LogP contribution in [0, 0.1) is 6.92 Å². The molecule has 3 atom stereocenters. The molecule has 2 aromatic rings. The van der Waals surface area contributed by atoms with Crippen LogP contribution in [0.5, 0.6) is 5.88 Å². The number of nitrogens with zero attached hydrogens (tertiary/aromatic N) is 4. The van der Waals surface area contributed by atoms with Crippen LogP contribution in [-0.4, -0.2) is 77.1 Å². The van der Waals surface area contributed by atoms with Crippen molar-refractivity contribution in [3.05, 3.63) is 17.3 Å². The molecule has 3 N–H and O–H groups in total. The summed E-state index contributed by atoms with van der Waals surface area (Å²) < 4.78 is 39.2. The van der Waals surface area contributed by atoms with Gasteiger partial charge in [-0.25, -0.2) is 8.42 Å². The highest BCUT2D eigenvalue weighted by atomic mass is 32.2. The molecule has 0 spiro atoms. The molecule has 0 saturated carbocycles. The number of piperidine rings is 2. The quantitative estimate of drug-likeness (QED) is 0.509. The van der Waals surface area contributed by atoms with Crippen molar-refractivity contribution >= 4 is 27.6 Å². The van der Waals surface area contributed by atoms with E-state index < -0.39 is 10.0 Å². The maximum atomic E-state index is 12.9. The number of anilines is 3. The van der Waals surface area contributed by atoms with Crippen molar-refractivity contribution in [3.63, 3.8) is 0 Å². The average molecular weight is 492 g/mol. The zero-order valence-electron chi connectivity index (χ0n) is 19.9. The van der Waals surface area contributed by atoms with Crippen LogP contribution in [-0.2, 0) is 14.8 Å². The second kappa shape index (κ2) is 9.31. The van der Waals surface area contributed by atoms with E-state index in [-0.39, 0.29) is 29.9 Å². The smallest absolute Gasteiger partial charge is 0.227 e. The van der Waals surface area contributed by atoms with Crippen molar-refractivity contribution < 1.29 is 17.9 Å². The molecule has 11 nitrogen and oxygen atoms in total. The summed E-state index contributed by atoms with van der Waals surface area (Å²) in [5, 5.41) is 13.6. The van der Waals surface area contributed by atoms with Crippen molar-refractivity contribution in [3.8, 4) is 5.88 Å². The van der Waals surface area contributed by atoms with E-state index in [1.165, 1.54) is 0 Å². The second-order valence-corrected chi connectivity index (χ2v) is 11.5. The predicted octanol–water partition coefficient (Wildman–Crippen LogP) is 2.52.